The summed E-state index contributed by atoms with van der Waals surface area (Å²) >= 11 is 4.89. The minimum Gasteiger partial charge on any atom is -0.463 e. The molecule has 6 nitrogen and oxygen atoms in total. The second-order valence-corrected chi connectivity index (χ2v) is 8.67. The third-order valence-corrected chi connectivity index (χ3v) is 6.46. The topological polar surface area (TPSA) is 85.5 Å². The highest BCUT2D eigenvalue weighted by Gasteiger charge is 2.43. The highest BCUT2D eigenvalue weighted by atomic mass is 79.9. The maximum Gasteiger partial charge on any atom is 0.338 e. The van der Waals surface area contributed by atoms with Crippen LogP contribution in [0.1, 0.15) is 37.0 Å². The zero-order valence-corrected chi connectivity index (χ0v) is 18.3. The Kier molecular flexibility index (Phi) is 5.56. The minimum atomic E-state index is -0.511. The number of thiophene rings is 1. The van der Waals surface area contributed by atoms with Crippen molar-refractivity contribution >= 4 is 44.8 Å². The summed E-state index contributed by atoms with van der Waals surface area (Å²) in [6.07, 6.45) is 3.56. The third kappa shape index (κ3) is 3.51. The maximum absolute atomic E-state index is 13.1. The van der Waals surface area contributed by atoms with Gasteiger partial charge in [0.05, 0.1) is 18.1 Å². The van der Waals surface area contributed by atoms with Crippen LogP contribution in [0.15, 0.2) is 63.0 Å². The lowest BCUT2D eigenvalue weighted by molar-refractivity contribution is -0.138. The van der Waals surface area contributed by atoms with E-state index in [1.54, 1.807) is 18.0 Å². The molecule has 2 aromatic rings. The van der Waals surface area contributed by atoms with Crippen molar-refractivity contribution in [2.24, 2.45) is 5.73 Å². The van der Waals surface area contributed by atoms with E-state index < -0.39 is 11.9 Å². The lowest BCUT2D eigenvalue weighted by atomic mass is 9.78. The molecule has 1 aliphatic heterocycles. The van der Waals surface area contributed by atoms with Crippen LogP contribution < -0.4 is 10.6 Å². The maximum atomic E-state index is 13.1. The smallest absolute Gasteiger partial charge is 0.338 e. The van der Waals surface area contributed by atoms with Crippen LogP contribution >= 0.6 is 27.3 Å². The van der Waals surface area contributed by atoms with Gasteiger partial charge >= 0.3 is 5.97 Å². The van der Waals surface area contributed by atoms with E-state index in [0.29, 0.717) is 29.8 Å². The molecule has 0 fully saturated rings. The van der Waals surface area contributed by atoms with E-state index in [4.69, 9.17) is 10.5 Å². The van der Waals surface area contributed by atoms with Crippen molar-refractivity contribution in [1.82, 2.24) is 4.98 Å². The molecular weight excluding hydrogens is 454 g/mol. The van der Waals surface area contributed by atoms with Gasteiger partial charge in [-0.05, 0) is 59.3 Å². The number of esters is 1. The average molecular weight is 474 g/mol. The summed E-state index contributed by atoms with van der Waals surface area (Å²) in [4.78, 5) is 33.2. The van der Waals surface area contributed by atoms with Crippen LogP contribution in [0.4, 0.5) is 5.82 Å². The molecule has 1 aliphatic carbocycles. The van der Waals surface area contributed by atoms with Gasteiger partial charge in [0, 0.05) is 33.2 Å². The van der Waals surface area contributed by atoms with Crippen LogP contribution in [0.5, 0.6) is 0 Å². The molecule has 0 saturated heterocycles. The third-order valence-electron chi connectivity index (χ3n) is 5.06. The Hall–Kier alpha value is -2.45. The first-order valence-corrected chi connectivity index (χ1v) is 11.1. The Balaban J connectivity index is 1.97. The predicted molar refractivity (Wildman–Crippen MR) is 115 cm³/mol. The molecule has 0 aromatic carbocycles. The lowest BCUT2D eigenvalue weighted by Gasteiger charge is -2.39. The Bertz CT molecular complexity index is 1010. The van der Waals surface area contributed by atoms with E-state index in [1.165, 1.54) is 11.3 Å². The number of ether oxygens (including phenoxy) is 1. The van der Waals surface area contributed by atoms with Crippen molar-refractivity contribution in [2.75, 3.05) is 11.5 Å². The lowest BCUT2D eigenvalue weighted by Crippen LogP contribution is -2.41. The number of anilines is 1. The molecule has 150 valence electrons. The fourth-order valence-corrected chi connectivity index (χ4v) is 4.98. The van der Waals surface area contributed by atoms with Crippen molar-refractivity contribution in [2.45, 2.75) is 32.1 Å². The van der Waals surface area contributed by atoms with Gasteiger partial charge in [0.2, 0.25) is 0 Å². The van der Waals surface area contributed by atoms with Gasteiger partial charge in [0.15, 0.2) is 5.78 Å². The molecule has 2 aliphatic rings. The van der Waals surface area contributed by atoms with Gasteiger partial charge in [0.25, 0.3) is 0 Å². The predicted octanol–water partition coefficient (Wildman–Crippen LogP) is 4.25. The zero-order valence-electron chi connectivity index (χ0n) is 15.9. The van der Waals surface area contributed by atoms with Gasteiger partial charge < -0.3 is 10.5 Å². The molecule has 0 unspecified atom stereocenters. The number of halogens is 1. The van der Waals surface area contributed by atoms with E-state index in [-0.39, 0.29) is 18.2 Å². The summed E-state index contributed by atoms with van der Waals surface area (Å²) < 4.78 is 6.17. The number of rotatable bonds is 4. The van der Waals surface area contributed by atoms with Crippen molar-refractivity contribution in [3.05, 3.63) is 67.9 Å². The van der Waals surface area contributed by atoms with Crippen LogP contribution in [0.2, 0.25) is 0 Å². The molecule has 3 heterocycles. The number of hydrogen-bond donors (Lipinski definition) is 1. The van der Waals surface area contributed by atoms with E-state index >= 15 is 0 Å². The minimum absolute atomic E-state index is 0.0426. The van der Waals surface area contributed by atoms with Crippen molar-refractivity contribution in [3.63, 3.8) is 0 Å². The quantitative estimate of drug-likeness (QED) is 0.667. The zero-order chi connectivity index (χ0) is 20.5. The number of ketones is 1. The molecule has 0 radical (unpaired) electrons. The molecule has 2 aromatic heterocycles. The number of nitrogens with zero attached hydrogens (tertiary/aromatic N) is 2. The fourth-order valence-electron chi connectivity index (χ4n) is 3.90. The number of pyridine rings is 1. The second kappa shape index (κ2) is 8.12. The van der Waals surface area contributed by atoms with Crippen LogP contribution in [-0.4, -0.2) is 23.3 Å². The molecule has 0 bridgehead atoms. The van der Waals surface area contributed by atoms with Crippen molar-refractivity contribution in [1.29, 1.82) is 0 Å². The van der Waals surface area contributed by atoms with Gasteiger partial charge in [-0.2, -0.15) is 0 Å². The second-order valence-electron chi connectivity index (χ2n) is 6.77. The molecule has 2 N–H and O–H groups in total. The number of carbonyl (C=O) groups excluding carboxylic acids is 2. The van der Waals surface area contributed by atoms with Gasteiger partial charge in [0.1, 0.15) is 11.6 Å². The Morgan fingerprint density at radius 2 is 2.21 bits per heavy atom. The van der Waals surface area contributed by atoms with Crippen molar-refractivity contribution in [3.8, 4) is 0 Å². The normalized spacial score (nSPS) is 19.4. The Labute approximate surface area is 181 Å². The molecule has 8 heteroatoms. The van der Waals surface area contributed by atoms with Crippen LogP contribution in [0, 0.1) is 0 Å². The summed E-state index contributed by atoms with van der Waals surface area (Å²) in [7, 11) is 0. The largest absolute Gasteiger partial charge is 0.463 e. The summed E-state index contributed by atoms with van der Waals surface area (Å²) in [5.74, 6) is -0.135. The summed E-state index contributed by atoms with van der Waals surface area (Å²) in [6, 6.07) is 7.52. The number of hydrogen-bond acceptors (Lipinski definition) is 7. The van der Waals surface area contributed by atoms with Gasteiger partial charge in [-0.1, -0.05) is 6.07 Å². The number of Topliss-reactive ketones (excluding diaryl/α,β-unsaturated/α-hetero) is 1. The van der Waals surface area contributed by atoms with E-state index in [9.17, 15) is 9.59 Å². The Morgan fingerprint density at radius 3 is 2.86 bits per heavy atom. The monoisotopic (exact) mass is 473 g/mol. The van der Waals surface area contributed by atoms with Crippen LogP contribution in [0.3, 0.4) is 0 Å². The summed E-state index contributed by atoms with van der Waals surface area (Å²) in [5, 5.41) is 1.94. The van der Waals surface area contributed by atoms with E-state index in [1.807, 2.05) is 29.6 Å². The highest BCUT2D eigenvalue weighted by molar-refractivity contribution is 9.10. The van der Waals surface area contributed by atoms with Gasteiger partial charge in [-0.3, -0.25) is 9.69 Å². The average Bonchev–Trinajstić information content (AvgIpc) is 3.23. The molecule has 0 amide bonds. The fraction of sp³-hybridized carbons (Fsp3) is 0.286. The standard InChI is InChI=1S/C21H20BrN3O3S/c1-2-28-21(27)19-18(15-7-4-10-29-15)17-13(5-3-6-14(17)26)25(20(19)23)16-9-8-12(22)11-24-16/h4,7-11,18H,2-3,5-6,23H2,1H3/t18-/m0/s1. The molecule has 0 saturated carbocycles. The summed E-state index contributed by atoms with van der Waals surface area (Å²) in [5.41, 5.74) is 8.33. The molecule has 4 rings (SSSR count). The van der Waals surface area contributed by atoms with Gasteiger partial charge in [-0.25, -0.2) is 9.78 Å². The van der Waals surface area contributed by atoms with E-state index in [0.717, 1.165) is 21.5 Å². The number of carbonyl (C=O) groups is 2. The molecule has 0 spiro atoms. The molecular formula is C21H20BrN3O3S. The molecule has 1 atom stereocenters. The Morgan fingerprint density at radius 1 is 1.38 bits per heavy atom. The highest BCUT2D eigenvalue weighted by Crippen LogP contribution is 2.47. The van der Waals surface area contributed by atoms with Crippen LogP contribution in [0.25, 0.3) is 0 Å². The van der Waals surface area contributed by atoms with Crippen LogP contribution in [-0.2, 0) is 14.3 Å². The first-order chi connectivity index (χ1) is 14.0. The number of allylic oxidation sites excluding steroid dienone is 2. The number of aromatic nitrogens is 1. The van der Waals surface area contributed by atoms with Crippen molar-refractivity contribution < 1.29 is 14.3 Å². The summed E-state index contributed by atoms with van der Waals surface area (Å²) in [6.45, 7) is 1.98. The first kappa shape index (κ1) is 19.8. The first-order valence-electron chi connectivity index (χ1n) is 9.41. The molecule has 29 heavy (non-hydrogen) atoms. The van der Waals surface area contributed by atoms with Gasteiger partial charge in [-0.15, -0.1) is 11.3 Å². The number of nitrogens with two attached hydrogens (primary N) is 1. The van der Waals surface area contributed by atoms with E-state index in [2.05, 4.69) is 20.9 Å². The SMILES string of the molecule is CCOC(=O)C1=C(N)N(c2ccc(Br)cn2)C2=C(C(=O)CCC2)[C@@H]1c1cccs1.